The van der Waals surface area contributed by atoms with Crippen molar-refractivity contribution >= 4 is 46.4 Å². The van der Waals surface area contributed by atoms with Crippen LogP contribution in [0.3, 0.4) is 0 Å². The average molecular weight is 584 g/mol. The van der Waals surface area contributed by atoms with Crippen molar-refractivity contribution in [3.63, 3.8) is 0 Å². The molecule has 13 heteroatoms. The van der Waals surface area contributed by atoms with Crippen molar-refractivity contribution in [2.24, 2.45) is 4.99 Å². The van der Waals surface area contributed by atoms with Gasteiger partial charge in [-0.3, -0.25) is 9.59 Å². The molecule has 1 unspecified atom stereocenters. The smallest absolute Gasteiger partial charge is 0.269 e. The highest BCUT2D eigenvalue weighted by atomic mass is 35.5. The van der Waals surface area contributed by atoms with Gasteiger partial charge in [0.25, 0.3) is 11.8 Å². The highest BCUT2D eigenvalue weighted by Gasteiger charge is 2.31. The lowest BCUT2D eigenvalue weighted by atomic mass is 9.99. The molecule has 204 valence electrons. The Balaban J connectivity index is 1.54. The number of oxazole rings is 1. The summed E-state index contributed by atoms with van der Waals surface area (Å²) in [5.41, 5.74) is 1.34. The monoisotopic (exact) mass is 583 g/mol. The fraction of sp³-hybridized carbons (Fsp3) is 0.148. The second-order valence-corrected chi connectivity index (χ2v) is 9.19. The van der Waals surface area contributed by atoms with Gasteiger partial charge in [-0.25, -0.2) is 19.4 Å². The van der Waals surface area contributed by atoms with E-state index < -0.39 is 23.8 Å². The van der Waals surface area contributed by atoms with Gasteiger partial charge in [-0.05, 0) is 31.2 Å². The lowest BCUT2D eigenvalue weighted by Crippen LogP contribution is -2.42. The number of aliphatic imine (C=N–C) groups is 1. The van der Waals surface area contributed by atoms with Gasteiger partial charge >= 0.3 is 0 Å². The Morgan fingerprint density at radius 1 is 1.18 bits per heavy atom. The predicted octanol–water partition coefficient (Wildman–Crippen LogP) is 5.04. The molecule has 10 nitrogen and oxygen atoms in total. The number of rotatable bonds is 8. The number of carbonyl (C=O) groups excluding carboxylic acids is 2. The van der Waals surface area contributed by atoms with E-state index in [0.717, 1.165) is 12.3 Å². The van der Waals surface area contributed by atoms with Crippen molar-refractivity contribution in [3.05, 3.63) is 99.6 Å². The van der Waals surface area contributed by atoms with E-state index in [1.165, 1.54) is 18.7 Å². The quantitative estimate of drug-likeness (QED) is 0.297. The Morgan fingerprint density at radius 3 is 2.77 bits per heavy atom. The largest absolute Gasteiger partial charge is 0.493 e. The Kier molecular flexibility index (Phi) is 7.94. The first kappa shape index (κ1) is 27.1. The number of halogens is 3. The number of amides is 2. The second kappa shape index (κ2) is 11.7. The molecule has 2 aromatic carbocycles. The van der Waals surface area contributed by atoms with Crippen LogP contribution in [0.15, 0.2) is 70.7 Å². The first-order valence-electron chi connectivity index (χ1n) is 11.9. The molecule has 0 spiro atoms. The van der Waals surface area contributed by atoms with Gasteiger partial charge < -0.3 is 24.5 Å². The van der Waals surface area contributed by atoms with Crippen molar-refractivity contribution in [2.45, 2.75) is 19.7 Å². The lowest BCUT2D eigenvalue weighted by Gasteiger charge is -2.17. The van der Waals surface area contributed by atoms with E-state index in [1.54, 1.807) is 37.3 Å². The maximum atomic E-state index is 14.1. The summed E-state index contributed by atoms with van der Waals surface area (Å²) < 4.78 is 30.6. The normalized spacial score (nSPS) is 14.4. The van der Waals surface area contributed by atoms with Gasteiger partial charge in [0.05, 0.1) is 41.0 Å². The van der Waals surface area contributed by atoms with E-state index in [0.29, 0.717) is 40.0 Å². The highest BCUT2D eigenvalue weighted by Crippen LogP contribution is 2.36. The van der Waals surface area contributed by atoms with Gasteiger partial charge in [-0.15, -0.1) is 0 Å². The Bertz CT molecular complexity index is 1610. The summed E-state index contributed by atoms with van der Waals surface area (Å²) in [7, 11) is 0. The van der Waals surface area contributed by atoms with Gasteiger partial charge in [0.15, 0.2) is 12.2 Å². The zero-order valence-corrected chi connectivity index (χ0v) is 22.3. The number of para-hydroxylation sites is 1. The molecule has 3 heterocycles. The minimum absolute atomic E-state index is 0.115. The zero-order valence-electron chi connectivity index (χ0n) is 20.8. The number of benzodiazepines with no additional fused rings is 1. The van der Waals surface area contributed by atoms with E-state index in [2.05, 4.69) is 25.6 Å². The number of aromatic nitrogens is 2. The topological polar surface area (TPSA) is 128 Å². The maximum absolute atomic E-state index is 14.1. The third kappa shape index (κ3) is 5.75. The van der Waals surface area contributed by atoms with Crippen LogP contribution < -0.4 is 20.1 Å². The summed E-state index contributed by atoms with van der Waals surface area (Å²) in [6.45, 7) is 1.99. The first-order chi connectivity index (χ1) is 19.3. The van der Waals surface area contributed by atoms with Crippen molar-refractivity contribution in [1.82, 2.24) is 15.3 Å². The van der Waals surface area contributed by atoms with Crippen LogP contribution in [0.25, 0.3) is 0 Å². The van der Waals surface area contributed by atoms with Crippen LogP contribution in [0.4, 0.5) is 10.1 Å². The molecule has 2 aromatic heterocycles. The maximum Gasteiger partial charge on any atom is 0.269 e. The molecule has 2 N–H and O–H groups in total. The molecule has 1 aliphatic heterocycles. The third-order valence-corrected chi connectivity index (χ3v) is 6.18. The number of hydrogen-bond acceptors (Lipinski definition) is 8. The van der Waals surface area contributed by atoms with Crippen LogP contribution in [0.1, 0.15) is 34.2 Å². The fourth-order valence-electron chi connectivity index (χ4n) is 3.96. The molecule has 4 aromatic rings. The number of ether oxygens (including phenoxy) is 2. The Hall–Kier alpha value is -4.48. The van der Waals surface area contributed by atoms with Gasteiger partial charge in [0.2, 0.25) is 12.0 Å². The minimum atomic E-state index is -1.46. The molecule has 2 amide bonds. The number of carbonyl (C=O) groups is 2. The van der Waals surface area contributed by atoms with Crippen LogP contribution in [0.5, 0.6) is 11.6 Å². The molecule has 0 aliphatic carbocycles. The summed E-state index contributed by atoms with van der Waals surface area (Å²) in [4.78, 5) is 38.8. The van der Waals surface area contributed by atoms with Crippen molar-refractivity contribution in [2.75, 3.05) is 11.9 Å². The Morgan fingerprint density at radius 2 is 2.00 bits per heavy atom. The average Bonchev–Trinajstić information content (AvgIpc) is 3.40. The molecule has 0 bridgehead atoms. The van der Waals surface area contributed by atoms with Gasteiger partial charge in [-0.1, -0.05) is 41.4 Å². The fourth-order valence-corrected chi connectivity index (χ4v) is 4.53. The summed E-state index contributed by atoms with van der Waals surface area (Å²) in [5, 5.41) is 5.86. The second-order valence-electron chi connectivity index (χ2n) is 8.34. The molecule has 0 saturated heterocycles. The number of nitrogens with zero attached hydrogens (tertiary/aromatic N) is 3. The minimum Gasteiger partial charge on any atom is -0.493 e. The van der Waals surface area contributed by atoms with Crippen molar-refractivity contribution in [1.29, 1.82) is 0 Å². The van der Waals surface area contributed by atoms with Crippen LogP contribution in [0.2, 0.25) is 10.0 Å². The molecule has 0 radical (unpaired) electrons. The summed E-state index contributed by atoms with van der Waals surface area (Å²) >= 11 is 12.8. The van der Waals surface area contributed by atoms with E-state index in [-0.39, 0.29) is 28.8 Å². The molecular formula is C27H20Cl2FN5O5. The standard InChI is InChI=1S/C27H20Cl2FN5O5/c1-2-38-21-8-14(28)7-19(29)22(21)23-17-5-3-4-6-20(17)33-26(37)24(34-23)35-25(36)18-9-15(30)10-32-27(18)39-12-16-11-31-13-40-16/h3-11,13,24H,2,12H2,1H3,(H,33,37)(H,35,36). The molecule has 5 rings (SSSR count). The Labute approximate surface area is 237 Å². The van der Waals surface area contributed by atoms with Crippen molar-refractivity contribution < 1.29 is 27.9 Å². The summed E-state index contributed by atoms with van der Waals surface area (Å²) in [5.74, 6) is -1.78. The van der Waals surface area contributed by atoms with Crippen LogP contribution in [0, 0.1) is 5.82 Å². The number of hydrogen-bond donors (Lipinski definition) is 2. The molecular weight excluding hydrogens is 564 g/mol. The van der Waals surface area contributed by atoms with Crippen LogP contribution in [-0.2, 0) is 11.4 Å². The molecule has 40 heavy (non-hydrogen) atoms. The molecule has 1 atom stereocenters. The zero-order chi connectivity index (χ0) is 28.2. The van der Waals surface area contributed by atoms with Gasteiger partial charge in [0.1, 0.15) is 23.7 Å². The lowest BCUT2D eigenvalue weighted by molar-refractivity contribution is -0.117. The van der Waals surface area contributed by atoms with Crippen molar-refractivity contribution in [3.8, 4) is 11.6 Å². The molecule has 1 aliphatic rings. The molecule has 0 fully saturated rings. The number of anilines is 1. The first-order valence-corrected chi connectivity index (χ1v) is 12.7. The summed E-state index contributed by atoms with van der Waals surface area (Å²) in [6.07, 6.45) is 2.08. The number of fused-ring (bicyclic) bond motifs is 1. The van der Waals surface area contributed by atoms with Crippen LogP contribution in [-0.4, -0.2) is 40.3 Å². The van der Waals surface area contributed by atoms with Gasteiger partial charge in [-0.2, -0.15) is 0 Å². The SMILES string of the molecule is CCOc1cc(Cl)cc(Cl)c1C1=NC(NC(=O)c2cc(F)cnc2OCc2cnco2)C(=O)Nc2ccccc21. The van der Waals surface area contributed by atoms with E-state index in [1.807, 2.05) is 0 Å². The van der Waals surface area contributed by atoms with Gasteiger partial charge in [0, 0.05) is 10.6 Å². The van der Waals surface area contributed by atoms with E-state index in [4.69, 9.17) is 37.1 Å². The van der Waals surface area contributed by atoms with Crippen LogP contribution >= 0.6 is 23.2 Å². The number of benzene rings is 2. The van der Waals surface area contributed by atoms with E-state index in [9.17, 15) is 14.0 Å². The third-order valence-electron chi connectivity index (χ3n) is 5.67. The number of nitrogens with one attached hydrogen (secondary N) is 2. The van der Waals surface area contributed by atoms with E-state index >= 15 is 0 Å². The number of pyridine rings is 1. The summed E-state index contributed by atoms with van der Waals surface area (Å²) in [6, 6.07) is 11.0. The highest BCUT2D eigenvalue weighted by molar-refractivity contribution is 6.39. The molecule has 0 saturated carbocycles. The predicted molar refractivity (Wildman–Crippen MR) is 145 cm³/mol.